The van der Waals surface area contributed by atoms with Crippen molar-refractivity contribution in [1.29, 1.82) is 0 Å². The third-order valence-corrected chi connectivity index (χ3v) is 4.75. The molecule has 0 saturated heterocycles. The van der Waals surface area contributed by atoms with Crippen LogP contribution < -0.4 is 5.73 Å². The summed E-state index contributed by atoms with van der Waals surface area (Å²) in [5, 5.41) is 0. The van der Waals surface area contributed by atoms with Crippen molar-refractivity contribution in [3.8, 4) is 0 Å². The number of rotatable bonds is 2. The molecular formula is C13H13BrFNS. The van der Waals surface area contributed by atoms with Gasteiger partial charge in [0.15, 0.2) is 0 Å². The molecule has 1 atom stereocenters. The number of benzene rings is 1. The molecular weight excluding hydrogens is 301 g/mol. The summed E-state index contributed by atoms with van der Waals surface area (Å²) in [6.07, 6.45) is 0. The predicted molar refractivity (Wildman–Crippen MR) is 73.9 cm³/mol. The average Bonchev–Trinajstić information content (AvgIpc) is 2.61. The average molecular weight is 314 g/mol. The van der Waals surface area contributed by atoms with Crippen LogP contribution in [-0.4, -0.2) is 0 Å². The molecule has 1 aromatic heterocycles. The van der Waals surface area contributed by atoms with Crippen molar-refractivity contribution >= 4 is 27.3 Å². The zero-order valence-electron chi connectivity index (χ0n) is 9.63. The highest BCUT2D eigenvalue weighted by Crippen LogP contribution is 2.34. The van der Waals surface area contributed by atoms with Gasteiger partial charge in [-0.15, -0.1) is 11.3 Å². The smallest absolute Gasteiger partial charge is 0.137 e. The molecule has 17 heavy (non-hydrogen) atoms. The van der Waals surface area contributed by atoms with Gasteiger partial charge in [0.2, 0.25) is 0 Å². The minimum atomic E-state index is -0.279. The summed E-state index contributed by atoms with van der Waals surface area (Å²) in [7, 11) is 0. The van der Waals surface area contributed by atoms with Crippen molar-refractivity contribution < 1.29 is 4.39 Å². The van der Waals surface area contributed by atoms with E-state index in [1.807, 2.05) is 13.0 Å². The SMILES string of the molecule is Cc1cc(C)c(C(N)c2cccc(F)c2Br)s1. The van der Waals surface area contributed by atoms with Crippen molar-refractivity contribution in [3.63, 3.8) is 0 Å². The van der Waals surface area contributed by atoms with Crippen LogP contribution in [0.2, 0.25) is 0 Å². The largest absolute Gasteiger partial charge is 0.320 e. The Balaban J connectivity index is 2.47. The summed E-state index contributed by atoms with van der Waals surface area (Å²) in [6.45, 7) is 4.08. The number of aryl methyl sites for hydroxylation is 2. The van der Waals surface area contributed by atoms with E-state index in [1.165, 1.54) is 10.9 Å². The van der Waals surface area contributed by atoms with Gasteiger partial charge in [-0.2, -0.15) is 0 Å². The minimum Gasteiger partial charge on any atom is -0.320 e. The van der Waals surface area contributed by atoms with Gasteiger partial charge in [-0.05, 0) is 53.0 Å². The Bertz CT molecular complexity index is 550. The minimum absolute atomic E-state index is 0.274. The molecule has 0 bridgehead atoms. The van der Waals surface area contributed by atoms with Gasteiger partial charge in [-0.1, -0.05) is 12.1 Å². The van der Waals surface area contributed by atoms with Gasteiger partial charge in [0.05, 0.1) is 10.5 Å². The maximum Gasteiger partial charge on any atom is 0.137 e. The summed E-state index contributed by atoms with van der Waals surface area (Å²) in [5.74, 6) is -0.274. The van der Waals surface area contributed by atoms with E-state index >= 15 is 0 Å². The molecule has 1 unspecified atom stereocenters. The second kappa shape index (κ2) is 4.88. The van der Waals surface area contributed by atoms with Crippen LogP contribution in [0.3, 0.4) is 0 Å². The first kappa shape index (κ1) is 12.7. The highest BCUT2D eigenvalue weighted by molar-refractivity contribution is 9.10. The zero-order valence-corrected chi connectivity index (χ0v) is 12.0. The van der Waals surface area contributed by atoms with Crippen molar-refractivity contribution in [2.45, 2.75) is 19.9 Å². The number of thiophene rings is 1. The molecule has 0 fully saturated rings. The summed E-state index contributed by atoms with van der Waals surface area (Å²) in [5.41, 5.74) is 8.16. The fraction of sp³-hybridized carbons (Fsp3) is 0.231. The Labute approximate surface area is 113 Å². The van der Waals surface area contributed by atoms with Crippen LogP contribution in [0.25, 0.3) is 0 Å². The third kappa shape index (κ3) is 2.44. The van der Waals surface area contributed by atoms with Crippen molar-refractivity contribution in [3.05, 3.63) is 55.4 Å². The van der Waals surface area contributed by atoms with Gasteiger partial charge < -0.3 is 5.73 Å². The lowest BCUT2D eigenvalue weighted by Crippen LogP contribution is -2.12. The molecule has 0 radical (unpaired) electrons. The summed E-state index contributed by atoms with van der Waals surface area (Å²) in [6, 6.07) is 6.79. The van der Waals surface area contributed by atoms with E-state index in [1.54, 1.807) is 17.4 Å². The molecule has 0 aliphatic rings. The van der Waals surface area contributed by atoms with E-state index in [0.29, 0.717) is 4.47 Å². The Morgan fingerprint density at radius 3 is 2.65 bits per heavy atom. The van der Waals surface area contributed by atoms with Crippen molar-refractivity contribution in [2.75, 3.05) is 0 Å². The molecule has 0 aliphatic carbocycles. The second-order valence-corrected chi connectivity index (χ2v) is 6.11. The Kier molecular flexibility index (Phi) is 3.66. The molecule has 2 aromatic rings. The number of hydrogen-bond acceptors (Lipinski definition) is 2. The van der Waals surface area contributed by atoms with E-state index in [2.05, 4.69) is 28.9 Å². The van der Waals surface area contributed by atoms with Crippen LogP contribution in [0.15, 0.2) is 28.7 Å². The number of nitrogens with two attached hydrogens (primary N) is 1. The summed E-state index contributed by atoms with van der Waals surface area (Å²) < 4.78 is 13.9. The van der Waals surface area contributed by atoms with Crippen LogP contribution in [0.1, 0.15) is 26.9 Å². The first-order chi connectivity index (χ1) is 8.00. The predicted octanol–water partition coefficient (Wildman–Crippen LogP) is 4.31. The molecule has 0 saturated carbocycles. The zero-order chi connectivity index (χ0) is 12.6. The number of halogens is 2. The van der Waals surface area contributed by atoms with Crippen LogP contribution in [-0.2, 0) is 0 Å². The van der Waals surface area contributed by atoms with Gasteiger partial charge in [0.1, 0.15) is 5.82 Å². The molecule has 0 spiro atoms. The van der Waals surface area contributed by atoms with E-state index in [9.17, 15) is 4.39 Å². The molecule has 1 nitrogen and oxygen atoms in total. The second-order valence-electron chi connectivity index (χ2n) is 4.03. The lowest BCUT2D eigenvalue weighted by Gasteiger charge is -2.13. The van der Waals surface area contributed by atoms with Crippen LogP contribution in [0.5, 0.6) is 0 Å². The highest BCUT2D eigenvalue weighted by Gasteiger charge is 2.18. The summed E-state index contributed by atoms with van der Waals surface area (Å²) >= 11 is 4.92. The van der Waals surface area contributed by atoms with Crippen LogP contribution in [0.4, 0.5) is 4.39 Å². The van der Waals surface area contributed by atoms with Gasteiger partial charge >= 0.3 is 0 Å². The highest BCUT2D eigenvalue weighted by atomic mass is 79.9. The van der Waals surface area contributed by atoms with E-state index in [-0.39, 0.29) is 11.9 Å². The van der Waals surface area contributed by atoms with E-state index < -0.39 is 0 Å². The Hall–Kier alpha value is -0.710. The van der Waals surface area contributed by atoms with Gasteiger partial charge in [-0.25, -0.2) is 4.39 Å². The molecule has 2 rings (SSSR count). The van der Waals surface area contributed by atoms with E-state index in [4.69, 9.17) is 5.73 Å². The van der Waals surface area contributed by atoms with Gasteiger partial charge in [0, 0.05) is 9.75 Å². The lowest BCUT2D eigenvalue weighted by atomic mass is 10.0. The lowest BCUT2D eigenvalue weighted by molar-refractivity contribution is 0.616. The molecule has 4 heteroatoms. The quantitative estimate of drug-likeness (QED) is 0.878. The monoisotopic (exact) mass is 313 g/mol. The summed E-state index contributed by atoms with van der Waals surface area (Å²) in [4.78, 5) is 2.31. The van der Waals surface area contributed by atoms with Crippen LogP contribution >= 0.6 is 27.3 Å². The topological polar surface area (TPSA) is 26.0 Å². The van der Waals surface area contributed by atoms with Gasteiger partial charge in [-0.3, -0.25) is 0 Å². The Morgan fingerprint density at radius 1 is 1.35 bits per heavy atom. The standard InChI is InChI=1S/C13H13BrFNS/c1-7-6-8(2)17-13(7)12(16)9-4-3-5-10(15)11(9)14/h3-6,12H,16H2,1-2H3. The fourth-order valence-corrected chi connectivity index (χ4v) is 3.44. The van der Waals surface area contributed by atoms with Crippen molar-refractivity contribution in [1.82, 2.24) is 0 Å². The normalized spacial score (nSPS) is 12.8. The Morgan fingerprint density at radius 2 is 2.06 bits per heavy atom. The first-order valence-corrected chi connectivity index (χ1v) is 6.88. The fourth-order valence-electron chi connectivity index (χ4n) is 1.87. The third-order valence-electron chi connectivity index (χ3n) is 2.68. The van der Waals surface area contributed by atoms with Crippen molar-refractivity contribution in [2.24, 2.45) is 5.73 Å². The molecule has 0 aliphatic heterocycles. The maximum absolute atomic E-state index is 13.5. The molecule has 0 amide bonds. The number of hydrogen-bond donors (Lipinski definition) is 1. The first-order valence-electron chi connectivity index (χ1n) is 5.27. The molecule has 1 aromatic carbocycles. The van der Waals surface area contributed by atoms with Crippen LogP contribution in [0, 0.1) is 19.7 Å². The molecule has 2 N–H and O–H groups in total. The molecule has 90 valence electrons. The van der Waals surface area contributed by atoms with E-state index in [0.717, 1.165) is 16.0 Å². The maximum atomic E-state index is 13.5. The molecule has 1 heterocycles. The van der Waals surface area contributed by atoms with Gasteiger partial charge in [0.25, 0.3) is 0 Å².